The topological polar surface area (TPSA) is 69.6 Å². The fourth-order valence-corrected chi connectivity index (χ4v) is 3.35. The molecule has 120 valence electrons. The van der Waals surface area contributed by atoms with E-state index in [1.165, 1.54) is 6.07 Å². The molecule has 2 N–H and O–H groups in total. The smallest absolute Gasteiger partial charge is 0.241 e. The van der Waals surface area contributed by atoms with Gasteiger partial charge in [-0.05, 0) is 43.8 Å². The average molecular weight is 318 g/mol. The van der Waals surface area contributed by atoms with E-state index < -0.39 is 22.4 Å². The molecule has 7 heteroatoms. The number of hydrogen-bond acceptors (Lipinski definition) is 4. The van der Waals surface area contributed by atoms with E-state index in [1.807, 2.05) is 13.8 Å². The maximum atomic E-state index is 13.2. The molecule has 1 rings (SSSR count). The first-order chi connectivity index (χ1) is 9.94. The molecule has 0 amide bonds. The van der Waals surface area contributed by atoms with Gasteiger partial charge in [-0.3, -0.25) is 0 Å². The molecule has 1 aromatic carbocycles. The molecule has 0 radical (unpaired) electrons. The van der Waals surface area contributed by atoms with Gasteiger partial charge in [-0.1, -0.05) is 19.9 Å². The van der Waals surface area contributed by atoms with Crippen molar-refractivity contribution in [3.8, 4) is 0 Å². The van der Waals surface area contributed by atoms with Crippen LogP contribution in [-0.2, 0) is 16.6 Å². The first-order valence-corrected chi connectivity index (χ1v) is 8.54. The lowest BCUT2D eigenvalue weighted by Gasteiger charge is -2.18. The summed E-state index contributed by atoms with van der Waals surface area (Å²) in [5, 5.41) is 9.16. The number of rotatable bonds is 9. The van der Waals surface area contributed by atoms with E-state index in [4.69, 9.17) is 5.11 Å². The maximum absolute atomic E-state index is 13.2. The van der Waals surface area contributed by atoms with E-state index in [0.717, 1.165) is 31.8 Å². The minimum absolute atomic E-state index is 0.188. The minimum atomic E-state index is -3.81. The molecule has 1 aromatic rings. The second-order valence-corrected chi connectivity index (χ2v) is 6.42. The van der Waals surface area contributed by atoms with Crippen molar-refractivity contribution in [2.24, 2.45) is 0 Å². The quantitative estimate of drug-likeness (QED) is 0.674. The summed E-state index contributed by atoms with van der Waals surface area (Å²) in [5.41, 5.74) is 0.188. The summed E-state index contributed by atoms with van der Waals surface area (Å²) in [5.74, 6) is -0.643. The lowest BCUT2D eigenvalue weighted by atomic mass is 10.2. The van der Waals surface area contributed by atoms with Gasteiger partial charge in [0.15, 0.2) is 0 Å². The molecular weight excluding hydrogens is 295 g/mol. The number of hydrogen-bond donors (Lipinski definition) is 2. The number of nitrogens with zero attached hydrogens (tertiary/aromatic N) is 1. The molecule has 5 nitrogen and oxygen atoms in total. The van der Waals surface area contributed by atoms with Crippen molar-refractivity contribution in [3.05, 3.63) is 29.6 Å². The number of sulfonamides is 1. The number of halogens is 1. The summed E-state index contributed by atoms with van der Waals surface area (Å²) in [6.07, 6.45) is 0.671. The van der Waals surface area contributed by atoms with E-state index >= 15 is 0 Å². The van der Waals surface area contributed by atoms with E-state index in [9.17, 15) is 12.8 Å². The van der Waals surface area contributed by atoms with Gasteiger partial charge in [0.1, 0.15) is 5.82 Å². The Morgan fingerprint density at radius 1 is 1.29 bits per heavy atom. The molecular formula is C14H23FN2O3S. The third kappa shape index (κ3) is 5.35. The van der Waals surface area contributed by atoms with Crippen LogP contribution in [0.1, 0.15) is 25.8 Å². The molecule has 0 fully saturated rings. The fourth-order valence-electron chi connectivity index (χ4n) is 2.04. The van der Waals surface area contributed by atoms with Crippen LogP contribution < -0.4 is 4.72 Å². The summed E-state index contributed by atoms with van der Waals surface area (Å²) in [6.45, 7) is 6.56. The van der Waals surface area contributed by atoms with Gasteiger partial charge in [0.05, 0.1) is 11.5 Å². The zero-order valence-corrected chi connectivity index (χ0v) is 13.3. The van der Waals surface area contributed by atoms with E-state index in [1.54, 1.807) is 0 Å². The maximum Gasteiger partial charge on any atom is 0.241 e. The van der Waals surface area contributed by atoms with E-state index in [0.29, 0.717) is 6.42 Å². The SMILES string of the molecule is CCN(CC)CCCNS(=O)(=O)c1cc(F)ccc1CO. The molecule has 0 aliphatic heterocycles. The third-order valence-electron chi connectivity index (χ3n) is 3.33. The van der Waals surface area contributed by atoms with Crippen LogP contribution in [0.25, 0.3) is 0 Å². The molecule has 0 atom stereocenters. The Balaban J connectivity index is 2.68. The van der Waals surface area contributed by atoms with Crippen LogP contribution in [-0.4, -0.2) is 44.6 Å². The predicted octanol–water partition coefficient (Wildman–Crippen LogP) is 1.33. The van der Waals surface area contributed by atoms with Gasteiger partial charge in [-0.25, -0.2) is 17.5 Å². The summed E-state index contributed by atoms with van der Waals surface area (Å²) in [4.78, 5) is 1.99. The van der Waals surface area contributed by atoms with Gasteiger partial charge in [-0.2, -0.15) is 0 Å². The molecule has 0 bridgehead atoms. The van der Waals surface area contributed by atoms with Crippen molar-refractivity contribution in [1.29, 1.82) is 0 Å². The molecule has 0 aliphatic carbocycles. The highest BCUT2D eigenvalue weighted by atomic mass is 32.2. The average Bonchev–Trinajstić information content (AvgIpc) is 2.47. The van der Waals surface area contributed by atoms with Gasteiger partial charge in [0.2, 0.25) is 10.0 Å². The normalized spacial score (nSPS) is 12.0. The molecule has 0 saturated heterocycles. The molecule has 0 aromatic heterocycles. The zero-order chi connectivity index (χ0) is 15.9. The highest BCUT2D eigenvalue weighted by Gasteiger charge is 2.18. The molecule has 0 spiro atoms. The molecule has 0 saturated carbocycles. The first-order valence-electron chi connectivity index (χ1n) is 7.05. The van der Waals surface area contributed by atoms with Gasteiger partial charge in [0, 0.05) is 6.54 Å². The van der Waals surface area contributed by atoms with Crippen LogP contribution in [0.4, 0.5) is 4.39 Å². The van der Waals surface area contributed by atoms with Crippen LogP contribution in [0.3, 0.4) is 0 Å². The van der Waals surface area contributed by atoms with Crippen molar-refractivity contribution >= 4 is 10.0 Å². The summed E-state index contributed by atoms with van der Waals surface area (Å²) >= 11 is 0. The van der Waals surface area contributed by atoms with Crippen LogP contribution in [0, 0.1) is 5.82 Å². The summed E-state index contributed by atoms with van der Waals surface area (Å²) in [6, 6.07) is 3.34. The van der Waals surface area contributed by atoms with Crippen molar-refractivity contribution in [2.75, 3.05) is 26.2 Å². The molecule has 21 heavy (non-hydrogen) atoms. The summed E-state index contributed by atoms with van der Waals surface area (Å²) < 4.78 is 40.0. The number of aliphatic hydroxyl groups is 1. The van der Waals surface area contributed by atoms with Gasteiger partial charge < -0.3 is 10.0 Å². The Labute approximate surface area is 125 Å². The number of nitrogens with one attached hydrogen (secondary N) is 1. The Morgan fingerprint density at radius 2 is 1.95 bits per heavy atom. The number of benzene rings is 1. The van der Waals surface area contributed by atoms with Crippen molar-refractivity contribution in [3.63, 3.8) is 0 Å². The standard InChI is InChI=1S/C14H23FN2O3S/c1-3-17(4-2)9-5-8-16-21(19,20)14-10-13(15)7-6-12(14)11-18/h6-7,10,16,18H,3-5,8-9,11H2,1-2H3. The van der Waals surface area contributed by atoms with Crippen molar-refractivity contribution in [2.45, 2.75) is 31.8 Å². The Morgan fingerprint density at radius 3 is 2.52 bits per heavy atom. The van der Waals surface area contributed by atoms with Crippen LogP contribution in [0.5, 0.6) is 0 Å². The lowest BCUT2D eigenvalue weighted by molar-refractivity contribution is 0.278. The lowest BCUT2D eigenvalue weighted by Crippen LogP contribution is -2.30. The molecule has 0 unspecified atom stereocenters. The third-order valence-corrected chi connectivity index (χ3v) is 4.87. The minimum Gasteiger partial charge on any atom is -0.392 e. The highest BCUT2D eigenvalue weighted by Crippen LogP contribution is 2.17. The van der Waals surface area contributed by atoms with E-state index in [2.05, 4.69) is 9.62 Å². The zero-order valence-electron chi connectivity index (χ0n) is 12.5. The fraction of sp³-hybridized carbons (Fsp3) is 0.571. The largest absolute Gasteiger partial charge is 0.392 e. The summed E-state index contributed by atoms with van der Waals surface area (Å²) in [7, 11) is -3.81. The second-order valence-electron chi connectivity index (χ2n) is 4.69. The number of aliphatic hydroxyl groups excluding tert-OH is 1. The van der Waals surface area contributed by atoms with Gasteiger partial charge >= 0.3 is 0 Å². The molecule has 0 aliphatic rings. The highest BCUT2D eigenvalue weighted by molar-refractivity contribution is 7.89. The Bertz CT molecular complexity index is 545. The predicted molar refractivity (Wildman–Crippen MR) is 79.9 cm³/mol. The van der Waals surface area contributed by atoms with E-state index in [-0.39, 0.29) is 17.0 Å². The van der Waals surface area contributed by atoms with Crippen LogP contribution >= 0.6 is 0 Å². The molecule has 0 heterocycles. The van der Waals surface area contributed by atoms with Gasteiger partial charge in [-0.15, -0.1) is 0 Å². The van der Waals surface area contributed by atoms with Crippen LogP contribution in [0.15, 0.2) is 23.1 Å². The Kier molecular flexibility index (Phi) is 7.24. The monoisotopic (exact) mass is 318 g/mol. The van der Waals surface area contributed by atoms with Crippen molar-refractivity contribution in [1.82, 2.24) is 9.62 Å². The van der Waals surface area contributed by atoms with Crippen LogP contribution in [0.2, 0.25) is 0 Å². The first kappa shape index (κ1) is 18.0. The van der Waals surface area contributed by atoms with Crippen molar-refractivity contribution < 1.29 is 17.9 Å². The Hall–Kier alpha value is -1.02. The second kappa shape index (κ2) is 8.43. The van der Waals surface area contributed by atoms with Gasteiger partial charge in [0.25, 0.3) is 0 Å².